The molecule has 0 aliphatic carbocycles. The van der Waals surface area contributed by atoms with Crippen molar-refractivity contribution in [3.8, 4) is 0 Å². The van der Waals surface area contributed by atoms with Gasteiger partial charge in [-0.15, -0.1) is 0 Å². The SMILES string of the molecule is O=C(CCCC(=O)N/N=C/c1cc(Br)cc(Br)c1)NN=Cc1cc(Br)cc(Br)c1. The first-order valence-electron chi connectivity index (χ1n) is 8.38. The Morgan fingerprint density at radius 3 is 1.38 bits per heavy atom. The number of benzene rings is 2. The van der Waals surface area contributed by atoms with Crippen LogP contribution in [-0.2, 0) is 9.59 Å². The standard InChI is InChI=1S/C19H16Br4N4O2/c20-14-4-12(5-15(21)8-14)10-24-26-18(28)2-1-3-19(29)27-25-11-13-6-16(22)9-17(23)7-13/h4-11H,1-3H2,(H,26,28)(H,27,29)/b24-10+,25-11?. The Morgan fingerprint density at radius 1 is 0.690 bits per heavy atom. The Morgan fingerprint density at radius 2 is 1.03 bits per heavy atom. The molecule has 0 aromatic heterocycles. The Labute approximate surface area is 202 Å². The molecule has 0 saturated carbocycles. The zero-order valence-corrected chi connectivity index (χ0v) is 21.3. The van der Waals surface area contributed by atoms with Crippen LogP contribution >= 0.6 is 63.7 Å². The van der Waals surface area contributed by atoms with E-state index in [4.69, 9.17) is 0 Å². The summed E-state index contributed by atoms with van der Waals surface area (Å²) in [7, 11) is 0. The van der Waals surface area contributed by atoms with E-state index in [0.29, 0.717) is 6.42 Å². The van der Waals surface area contributed by atoms with Crippen LogP contribution < -0.4 is 10.9 Å². The summed E-state index contributed by atoms with van der Waals surface area (Å²) in [4.78, 5) is 23.6. The third kappa shape index (κ3) is 9.79. The molecule has 0 aliphatic rings. The number of hydrogen-bond acceptors (Lipinski definition) is 4. The van der Waals surface area contributed by atoms with Crippen LogP contribution in [0.3, 0.4) is 0 Å². The van der Waals surface area contributed by atoms with Gasteiger partial charge < -0.3 is 0 Å². The monoisotopic (exact) mass is 648 g/mol. The van der Waals surface area contributed by atoms with Crippen LogP contribution in [0.1, 0.15) is 30.4 Å². The lowest BCUT2D eigenvalue weighted by Gasteiger charge is -2.01. The van der Waals surface area contributed by atoms with Crippen molar-refractivity contribution in [2.45, 2.75) is 19.3 Å². The molecule has 0 saturated heterocycles. The molecule has 6 nitrogen and oxygen atoms in total. The molecule has 29 heavy (non-hydrogen) atoms. The fraction of sp³-hybridized carbons (Fsp3) is 0.158. The largest absolute Gasteiger partial charge is 0.273 e. The van der Waals surface area contributed by atoms with Gasteiger partial charge in [0.05, 0.1) is 12.4 Å². The maximum absolute atomic E-state index is 11.8. The number of nitrogens with zero attached hydrogens (tertiary/aromatic N) is 2. The zero-order chi connectivity index (χ0) is 21.2. The summed E-state index contributed by atoms with van der Waals surface area (Å²) >= 11 is 13.6. The van der Waals surface area contributed by atoms with Crippen molar-refractivity contribution >= 4 is 88.0 Å². The Bertz CT molecular complexity index is 832. The van der Waals surface area contributed by atoms with Crippen molar-refractivity contribution < 1.29 is 9.59 Å². The number of hydrogen-bond donors (Lipinski definition) is 2. The first-order valence-corrected chi connectivity index (χ1v) is 11.5. The number of carbonyl (C=O) groups excluding carboxylic acids is 2. The molecule has 2 aromatic carbocycles. The van der Waals surface area contributed by atoms with Gasteiger partial charge in [0, 0.05) is 30.7 Å². The fourth-order valence-electron chi connectivity index (χ4n) is 2.18. The third-order valence-corrected chi connectivity index (χ3v) is 5.21. The second-order valence-corrected chi connectivity index (χ2v) is 9.51. The molecule has 2 N–H and O–H groups in total. The van der Waals surface area contributed by atoms with E-state index in [2.05, 4.69) is 84.8 Å². The third-order valence-electron chi connectivity index (χ3n) is 3.38. The topological polar surface area (TPSA) is 82.9 Å². The molecule has 0 fully saturated rings. The summed E-state index contributed by atoms with van der Waals surface area (Å²) in [6, 6.07) is 11.3. The average Bonchev–Trinajstić information content (AvgIpc) is 2.60. The predicted octanol–water partition coefficient (Wildman–Crippen LogP) is 5.51. The van der Waals surface area contributed by atoms with Gasteiger partial charge in [-0.3, -0.25) is 9.59 Å². The molecule has 0 bridgehead atoms. The molecule has 10 heteroatoms. The maximum Gasteiger partial charge on any atom is 0.240 e. The Kier molecular flexibility index (Phi) is 10.2. The summed E-state index contributed by atoms with van der Waals surface area (Å²) in [6.45, 7) is 0. The van der Waals surface area contributed by atoms with E-state index in [1.807, 2.05) is 36.4 Å². The van der Waals surface area contributed by atoms with Gasteiger partial charge in [0.15, 0.2) is 0 Å². The minimum atomic E-state index is -0.259. The van der Waals surface area contributed by atoms with E-state index in [-0.39, 0.29) is 24.7 Å². The number of hydrazone groups is 2. The van der Waals surface area contributed by atoms with Crippen molar-refractivity contribution in [2.75, 3.05) is 0 Å². The highest BCUT2D eigenvalue weighted by Crippen LogP contribution is 2.19. The highest BCUT2D eigenvalue weighted by molar-refractivity contribution is 9.11. The molecule has 0 spiro atoms. The summed E-state index contributed by atoms with van der Waals surface area (Å²) in [5, 5.41) is 7.84. The van der Waals surface area contributed by atoms with E-state index in [1.165, 1.54) is 0 Å². The summed E-state index contributed by atoms with van der Waals surface area (Å²) in [6.07, 6.45) is 3.88. The van der Waals surface area contributed by atoms with Gasteiger partial charge in [0.25, 0.3) is 0 Å². The minimum Gasteiger partial charge on any atom is -0.273 e. The first kappa shape index (κ1) is 23.9. The number of amides is 2. The molecule has 2 rings (SSSR count). The van der Waals surface area contributed by atoms with Crippen LogP contribution in [0.5, 0.6) is 0 Å². The van der Waals surface area contributed by atoms with E-state index in [0.717, 1.165) is 29.0 Å². The maximum atomic E-state index is 11.8. The molecule has 0 unspecified atom stereocenters. The lowest BCUT2D eigenvalue weighted by molar-refractivity contribution is -0.122. The van der Waals surface area contributed by atoms with Crippen LogP contribution in [-0.4, -0.2) is 24.2 Å². The molecule has 0 atom stereocenters. The summed E-state index contributed by atoms with van der Waals surface area (Å²) in [5.41, 5.74) is 6.57. The van der Waals surface area contributed by atoms with Gasteiger partial charge in [0.2, 0.25) is 11.8 Å². The van der Waals surface area contributed by atoms with Gasteiger partial charge in [-0.2, -0.15) is 10.2 Å². The summed E-state index contributed by atoms with van der Waals surface area (Å²) in [5.74, 6) is -0.517. The van der Waals surface area contributed by atoms with Crippen molar-refractivity contribution in [1.29, 1.82) is 0 Å². The smallest absolute Gasteiger partial charge is 0.240 e. The van der Waals surface area contributed by atoms with E-state index < -0.39 is 0 Å². The number of halogens is 4. The number of carbonyl (C=O) groups is 2. The molecule has 0 heterocycles. The van der Waals surface area contributed by atoms with Gasteiger partial charge in [-0.1, -0.05) is 63.7 Å². The Balaban J connectivity index is 1.68. The minimum absolute atomic E-state index is 0.190. The first-order chi connectivity index (χ1) is 13.8. The zero-order valence-electron chi connectivity index (χ0n) is 15.0. The van der Waals surface area contributed by atoms with E-state index in [9.17, 15) is 9.59 Å². The molecular formula is C19H16Br4N4O2. The number of rotatable bonds is 8. The highest BCUT2D eigenvalue weighted by Gasteiger charge is 2.04. The molecule has 0 radical (unpaired) electrons. The highest BCUT2D eigenvalue weighted by atomic mass is 79.9. The van der Waals surface area contributed by atoms with E-state index in [1.54, 1.807) is 12.4 Å². The molecule has 2 amide bonds. The van der Waals surface area contributed by atoms with Gasteiger partial charge in [-0.25, -0.2) is 10.9 Å². The lowest BCUT2D eigenvalue weighted by Crippen LogP contribution is -2.20. The van der Waals surface area contributed by atoms with Gasteiger partial charge >= 0.3 is 0 Å². The van der Waals surface area contributed by atoms with Crippen LogP contribution in [0.4, 0.5) is 0 Å². The number of nitrogens with one attached hydrogen (secondary N) is 2. The van der Waals surface area contributed by atoms with Crippen LogP contribution in [0.25, 0.3) is 0 Å². The van der Waals surface area contributed by atoms with Crippen molar-refractivity contribution in [1.82, 2.24) is 10.9 Å². The molecule has 152 valence electrons. The quantitative estimate of drug-likeness (QED) is 0.292. The fourth-order valence-corrected chi connectivity index (χ4v) is 4.84. The van der Waals surface area contributed by atoms with Crippen LogP contribution in [0, 0.1) is 0 Å². The molecule has 0 aliphatic heterocycles. The van der Waals surface area contributed by atoms with Gasteiger partial charge in [-0.05, 0) is 53.9 Å². The molecular weight excluding hydrogens is 636 g/mol. The lowest BCUT2D eigenvalue weighted by atomic mass is 10.2. The average molecular weight is 652 g/mol. The summed E-state index contributed by atoms with van der Waals surface area (Å²) < 4.78 is 3.61. The van der Waals surface area contributed by atoms with Crippen LogP contribution in [0.15, 0.2) is 64.5 Å². The Hall–Kier alpha value is -1.36. The second-order valence-electron chi connectivity index (χ2n) is 5.85. The normalized spacial score (nSPS) is 11.2. The van der Waals surface area contributed by atoms with Crippen molar-refractivity contribution in [2.24, 2.45) is 10.2 Å². The van der Waals surface area contributed by atoms with Crippen LogP contribution in [0.2, 0.25) is 0 Å². The molecule has 2 aromatic rings. The van der Waals surface area contributed by atoms with Crippen molar-refractivity contribution in [3.63, 3.8) is 0 Å². The predicted molar refractivity (Wildman–Crippen MR) is 129 cm³/mol. The van der Waals surface area contributed by atoms with Crippen molar-refractivity contribution in [3.05, 3.63) is 65.4 Å². The van der Waals surface area contributed by atoms with E-state index >= 15 is 0 Å². The van der Waals surface area contributed by atoms with Gasteiger partial charge in [0.1, 0.15) is 0 Å². The second kappa shape index (κ2) is 12.4.